The quantitative estimate of drug-likeness (QED) is 0.637. The third-order valence-corrected chi connectivity index (χ3v) is 3.82. The molecule has 1 aliphatic heterocycles. The van der Waals surface area contributed by atoms with Crippen LogP contribution >= 0.6 is 11.6 Å². The zero-order chi connectivity index (χ0) is 13.3. The van der Waals surface area contributed by atoms with E-state index in [-0.39, 0.29) is 5.84 Å². The van der Waals surface area contributed by atoms with Gasteiger partial charge in [-0.2, -0.15) is 0 Å². The zero-order valence-corrected chi connectivity index (χ0v) is 11.7. The number of amidine groups is 1. The summed E-state index contributed by atoms with van der Waals surface area (Å²) in [5.74, 6) is 0.0407. The van der Waals surface area contributed by atoms with Gasteiger partial charge < -0.3 is 10.6 Å². The average molecular weight is 266 g/mol. The van der Waals surface area contributed by atoms with Gasteiger partial charge in [0.05, 0.1) is 10.6 Å². The Morgan fingerprint density at radius 3 is 2.78 bits per heavy atom. The molecule has 3 nitrogen and oxygen atoms in total. The van der Waals surface area contributed by atoms with Crippen molar-refractivity contribution in [3.05, 3.63) is 28.8 Å². The van der Waals surface area contributed by atoms with Gasteiger partial charge in [-0.05, 0) is 30.4 Å². The number of nitrogen functional groups attached to an aromatic ring is 1. The van der Waals surface area contributed by atoms with Crippen molar-refractivity contribution in [1.82, 2.24) is 0 Å². The first-order valence-corrected chi connectivity index (χ1v) is 6.66. The smallest absolute Gasteiger partial charge is 0.126 e. The van der Waals surface area contributed by atoms with E-state index in [4.69, 9.17) is 22.7 Å². The molecule has 1 fully saturated rings. The molecule has 0 amide bonds. The minimum Gasteiger partial charge on any atom is -0.384 e. The van der Waals surface area contributed by atoms with Gasteiger partial charge >= 0.3 is 0 Å². The molecule has 0 bridgehead atoms. The Hall–Kier alpha value is -1.22. The van der Waals surface area contributed by atoms with Crippen LogP contribution in [0.1, 0.15) is 32.3 Å². The van der Waals surface area contributed by atoms with Gasteiger partial charge in [0.25, 0.3) is 0 Å². The lowest BCUT2D eigenvalue weighted by atomic mass is 9.84. The minimum atomic E-state index is 0.0407. The molecular formula is C14H20ClN3. The van der Waals surface area contributed by atoms with E-state index >= 15 is 0 Å². The first-order valence-electron chi connectivity index (χ1n) is 6.28. The van der Waals surface area contributed by atoms with Crippen LogP contribution in [0.15, 0.2) is 18.2 Å². The lowest BCUT2D eigenvalue weighted by Gasteiger charge is -2.40. The standard InChI is InChI=1S/C14H20ClN3/c1-14(2)7-4-8-18(9-14)11-6-3-5-10(15)12(11)13(16)17/h3,5-6H,4,7-9H2,1-2H3,(H3,16,17). The number of hydrogen-bond donors (Lipinski definition) is 2. The number of halogens is 1. The molecule has 1 saturated heterocycles. The van der Waals surface area contributed by atoms with Crippen LogP contribution in [-0.2, 0) is 0 Å². The van der Waals surface area contributed by atoms with Crippen LogP contribution in [0.3, 0.4) is 0 Å². The summed E-state index contributed by atoms with van der Waals surface area (Å²) in [6.07, 6.45) is 2.40. The molecule has 0 saturated carbocycles. The molecule has 0 radical (unpaired) electrons. The Labute approximate surface area is 113 Å². The van der Waals surface area contributed by atoms with Crippen molar-refractivity contribution in [1.29, 1.82) is 5.41 Å². The minimum absolute atomic E-state index is 0.0407. The summed E-state index contributed by atoms with van der Waals surface area (Å²) in [6.45, 7) is 6.53. The Morgan fingerprint density at radius 1 is 1.44 bits per heavy atom. The van der Waals surface area contributed by atoms with Gasteiger partial charge in [-0.3, -0.25) is 5.41 Å². The Morgan fingerprint density at radius 2 is 2.17 bits per heavy atom. The summed E-state index contributed by atoms with van der Waals surface area (Å²) < 4.78 is 0. The molecule has 1 aliphatic rings. The second kappa shape index (κ2) is 4.81. The van der Waals surface area contributed by atoms with E-state index in [0.29, 0.717) is 16.0 Å². The molecular weight excluding hydrogens is 246 g/mol. The second-order valence-electron chi connectivity index (χ2n) is 5.74. The zero-order valence-electron chi connectivity index (χ0n) is 11.0. The number of rotatable bonds is 2. The summed E-state index contributed by atoms with van der Waals surface area (Å²) in [4.78, 5) is 2.30. The average Bonchev–Trinajstić information content (AvgIpc) is 2.26. The van der Waals surface area contributed by atoms with Gasteiger partial charge in [-0.1, -0.05) is 31.5 Å². The maximum atomic E-state index is 7.70. The molecule has 3 N–H and O–H groups in total. The van der Waals surface area contributed by atoms with Crippen molar-refractivity contribution in [3.63, 3.8) is 0 Å². The maximum absolute atomic E-state index is 7.70. The first-order chi connectivity index (χ1) is 8.41. The number of nitrogens with zero attached hydrogens (tertiary/aromatic N) is 1. The van der Waals surface area contributed by atoms with Gasteiger partial charge in [-0.25, -0.2) is 0 Å². The Balaban J connectivity index is 2.39. The number of piperidine rings is 1. The predicted octanol–water partition coefficient (Wildman–Crippen LogP) is 3.25. The highest BCUT2D eigenvalue weighted by atomic mass is 35.5. The van der Waals surface area contributed by atoms with Crippen LogP contribution in [0.4, 0.5) is 5.69 Å². The molecule has 18 heavy (non-hydrogen) atoms. The van der Waals surface area contributed by atoms with E-state index in [9.17, 15) is 0 Å². The number of anilines is 1. The van der Waals surface area contributed by atoms with E-state index in [0.717, 1.165) is 25.2 Å². The fourth-order valence-corrected chi connectivity index (χ4v) is 2.94. The van der Waals surface area contributed by atoms with E-state index in [1.165, 1.54) is 6.42 Å². The molecule has 1 heterocycles. The fourth-order valence-electron chi connectivity index (χ4n) is 2.67. The van der Waals surface area contributed by atoms with Crippen molar-refractivity contribution >= 4 is 23.1 Å². The largest absolute Gasteiger partial charge is 0.384 e. The Kier molecular flexibility index (Phi) is 3.53. The second-order valence-corrected chi connectivity index (χ2v) is 6.14. The molecule has 0 atom stereocenters. The highest BCUT2D eigenvalue weighted by Gasteiger charge is 2.28. The van der Waals surface area contributed by atoms with Crippen molar-refractivity contribution < 1.29 is 0 Å². The predicted molar refractivity (Wildman–Crippen MR) is 77.7 cm³/mol. The van der Waals surface area contributed by atoms with Gasteiger partial charge in [0.1, 0.15) is 5.84 Å². The van der Waals surface area contributed by atoms with E-state index in [1.807, 2.05) is 12.1 Å². The van der Waals surface area contributed by atoms with Crippen LogP contribution < -0.4 is 10.6 Å². The number of nitrogens with two attached hydrogens (primary N) is 1. The summed E-state index contributed by atoms with van der Waals surface area (Å²) >= 11 is 6.17. The summed E-state index contributed by atoms with van der Waals surface area (Å²) in [5, 5.41) is 8.26. The molecule has 4 heteroatoms. The molecule has 0 unspecified atom stereocenters. The number of nitrogens with one attached hydrogen (secondary N) is 1. The van der Waals surface area contributed by atoms with Gasteiger partial charge in [0.2, 0.25) is 0 Å². The van der Waals surface area contributed by atoms with Crippen LogP contribution in [0.2, 0.25) is 5.02 Å². The van der Waals surface area contributed by atoms with Crippen molar-refractivity contribution in [3.8, 4) is 0 Å². The lowest BCUT2D eigenvalue weighted by Crippen LogP contribution is -2.41. The highest BCUT2D eigenvalue weighted by Crippen LogP contribution is 2.34. The van der Waals surface area contributed by atoms with Gasteiger partial charge in [-0.15, -0.1) is 0 Å². The first kappa shape index (κ1) is 13.2. The van der Waals surface area contributed by atoms with Gasteiger partial charge in [0.15, 0.2) is 0 Å². The van der Waals surface area contributed by atoms with Crippen LogP contribution in [-0.4, -0.2) is 18.9 Å². The Bertz CT molecular complexity index is 468. The van der Waals surface area contributed by atoms with E-state index in [2.05, 4.69) is 18.7 Å². The molecule has 98 valence electrons. The third kappa shape index (κ3) is 2.61. The molecule has 0 aliphatic carbocycles. The van der Waals surface area contributed by atoms with Crippen molar-refractivity contribution in [2.45, 2.75) is 26.7 Å². The monoisotopic (exact) mass is 265 g/mol. The van der Waals surface area contributed by atoms with Gasteiger partial charge in [0, 0.05) is 18.8 Å². The van der Waals surface area contributed by atoms with E-state index < -0.39 is 0 Å². The molecule has 0 aromatic heterocycles. The number of hydrogen-bond acceptors (Lipinski definition) is 2. The molecule has 1 aromatic carbocycles. The molecule has 1 aromatic rings. The maximum Gasteiger partial charge on any atom is 0.126 e. The van der Waals surface area contributed by atoms with Crippen LogP contribution in [0.25, 0.3) is 0 Å². The summed E-state index contributed by atoms with van der Waals surface area (Å²) in [6, 6.07) is 5.71. The summed E-state index contributed by atoms with van der Waals surface area (Å²) in [5.41, 5.74) is 7.61. The molecule has 0 spiro atoms. The lowest BCUT2D eigenvalue weighted by molar-refractivity contribution is 0.293. The SMILES string of the molecule is CC1(C)CCCN(c2cccc(Cl)c2C(=N)N)C1. The van der Waals surface area contributed by atoms with Crippen LogP contribution in [0.5, 0.6) is 0 Å². The topological polar surface area (TPSA) is 53.1 Å². The van der Waals surface area contributed by atoms with Crippen LogP contribution in [0, 0.1) is 10.8 Å². The number of benzene rings is 1. The fraction of sp³-hybridized carbons (Fsp3) is 0.500. The third-order valence-electron chi connectivity index (χ3n) is 3.50. The highest BCUT2D eigenvalue weighted by molar-refractivity contribution is 6.34. The summed E-state index contributed by atoms with van der Waals surface area (Å²) in [7, 11) is 0. The van der Waals surface area contributed by atoms with Crippen molar-refractivity contribution in [2.24, 2.45) is 11.1 Å². The normalized spacial score (nSPS) is 18.7. The van der Waals surface area contributed by atoms with Crippen molar-refractivity contribution in [2.75, 3.05) is 18.0 Å². The molecule has 2 rings (SSSR count). The van der Waals surface area contributed by atoms with E-state index in [1.54, 1.807) is 6.07 Å².